The van der Waals surface area contributed by atoms with Gasteiger partial charge in [0, 0.05) is 6.42 Å². The van der Waals surface area contributed by atoms with E-state index in [-0.39, 0.29) is 12.5 Å². The van der Waals surface area contributed by atoms with Gasteiger partial charge in [0.25, 0.3) is 0 Å². The molecule has 0 aromatic carbocycles. The lowest BCUT2D eigenvalue weighted by Crippen LogP contribution is -2.65. The molecule has 0 aromatic heterocycles. The maximum Gasteiger partial charge on any atom is 0.220 e. The number of rotatable bonds is 61. The van der Waals surface area contributed by atoms with Crippen LogP contribution in [0.3, 0.4) is 0 Å². The first kappa shape index (κ1) is 82.0. The molecule has 88 heavy (non-hydrogen) atoms. The smallest absolute Gasteiger partial charge is 0.220 e. The summed E-state index contributed by atoms with van der Waals surface area (Å²) in [7, 11) is 0. The molecule has 12 unspecified atom stereocenters. The zero-order valence-corrected chi connectivity index (χ0v) is 56.2. The normalized spacial score (nSPS) is 23.4. The van der Waals surface area contributed by atoms with Crippen LogP contribution in [0.5, 0.6) is 0 Å². The van der Waals surface area contributed by atoms with Crippen molar-refractivity contribution in [2.24, 2.45) is 0 Å². The SMILES string of the molecule is CC/C=C\C/C=C\C/C=C\C/C=C\CCCCCCCCCCCCCCCCCCCCCCCCCCCCC(=O)NC(COC1OC(CO)C(OC2OC(CO)C(O)C(O)C2O)C(O)C1O)C(O)CCCCCCCCCCCCCCCCC. The van der Waals surface area contributed by atoms with Gasteiger partial charge in [0.15, 0.2) is 12.6 Å². The van der Waals surface area contributed by atoms with Crippen molar-refractivity contribution in [2.75, 3.05) is 19.8 Å². The molecule has 2 rings (SSSR count). The summed E-state index contributed by atoms with van der Waals surface area (Å²) < 4.78 is 22.9. The molecule has 0 radical (unpaired) electrons. The van der Waals surface area contributed by atoms with E-state index in [1.54, 1.807) is 0 Å². The van der Waals surface area contributed by atoms with Crippen LogP contribution in [0.4, 0.5) is 0 Å². The van der Waals surface area contributed by atoms with Gasteiger partial charge >= 0.3 is 0 Å². The minimum Gasteiger partial charge on any atom is -0.394 e. The molecule has 14 nitrogen and oxygen atoms in total. The zero-order chi connectivity index (χ0) is 63.8. The van der Waals surface area contributed by atoms with Gasteiger partial charge in [0.05, 0.1) is 32.0 Å². The van der Waals surface area contributed by atoms with Gasteiger partial charge in [-0.25, -0.2) is 0 Å². The Hall–Kier alpha value is -2.05. The molecule has 0 spiro atoms. The number of carbonyl (C=O) groups excluding carboxylic acids is 1. The maximum atomic E-state index is 13.3. The summed E-state index contributed by atoms with van der Waals surface area (Å²) in [6, 6.07) is -0.827. The quantitative estimate of drug-likeness (QED) is 0.0204. The molecule has 2 aliphatic rings. The Kier molecular flexibility index (Phi) is 54.8. The molecule has 0 aliphatic carbocycles. The molecule has 2 aliphatic heterocycles. The van der Waals surface area contributed by atoms with Gasteiger partial charge in [0.1, 0.15) is 48.8 Å². The maximum absolute atomic E-state index is 13.3. The molecular formula is C74H137NO13. The highest BCUT2D eigenvalue weighted by Crippen LogP contribution is 2.30. The third-order valence-electron chi connectivity index (χ3n) is 18.1. The molecule has 2 saturated heterocycles. The Labute approximate surface area is 537 Å². The fourth-order valence-electron chi connectivity index (χ4n) is 12.2. The third-order valence-corrected chi connectivity index (χ3v) is 18.1. The summed E-state index contributed by atoms with van der Waals surface area (Å²) in [5.41, 5.74) is 0. The second-order valence-electron chi connectivity index (χ2n) is 26.0. The van der Waals surface area contributed by atoms with E-state index in [0.29, 0.717) is 12.8 Å². The number of aliphatic hydroxyl groups excluding tert-OH is 8. The number of aliphatic hydroxyl groups is 8. The van der Waals surface area contributed by atoms with E-state index < -0.39 is 86.8 Å². The number of amides is 1. The van der Waals surface area contributed by atoms with Crippen molar-refractivity contribution in [3.05, 3.63) is 48.6 Å². The second-order valence-corrected chi connectivity index (χ2v) is 26.0. The Balaban J connectivity index is 1.55. The van der Waals surface area contributed by atoms with Crippen molar-refractivity contribution in [1.82, 2.24) is 5.32 Å². The van der Waals surface area contributed by atoms with E-state index in [4.69, 9.17) is 18.9 Å². The third kappa shape index (κ3) is 42.2. The van der Waals surface area contributed by atoms with Crippen molar-refractivity contribution in [2.45, 2.75) is 396 Å². The van der Waals surface area contributed by atoms with Crippen LogP contribution in [0.15, 0.2) is 48.6 Å². The van der Waals surface area contributed by atoms with Crippen LogP contribution in [0.1, 0.15) is 322 Å². The number of unbranched alkanes of at least 4 members (excludes halogenated alkanes) is 40. The summed E-state index contributed by atoms with van der Waals surface area (Å²) in [6.07, 6.45) is 60.1. The first-order chi connectivity index (χ1) is 43.1. The molecule has 0 bridgehead atoms. The van der Waals surface area contributed by atoms with E-state index in [9.17, 15) is 45.6 Å². The van der Waals surface area contributed by atoms with Crippen LogP contribution in [0.2, 0.25) is 0 Å². The average Bonchev–Trinajstić information content (AvgIpc) is 2.99. The molecule has 1 amide bonds. The molecule has 12 atom stereocenters. The lowest BCUT2D eigenvalue weighted by atomic mass is 9.97. The van der Waals surface area contributed by atoms with E-state index in [1.165, 1.54) is 218 Å². The van der Waals surface area contributed by atoms with Crippen molar-refractivity contribution >= 4 is 5.91 Å². The van der Waals surface area contributed by atoms with Crippen LogP contribution in [-0.4, -0.2) is 140 Å². The van der Waals surface area contributed by atoms with E-state index >= 15 is 0 Å². The summed E-state index contributed by atoms with van der Waals surface area (Å²) in [4.78, 5) is 13.3. The largest absolute Gasteiger partial charge is 0.394 e. The number of nitrogens with one attached hydrogen (secondary N) is 1. The average molecular weight is 1250 g/mol. The molecule has 2 heterocycles. The number of hydrogen-bond donors (Lipinski definition) is 9. The summed E-state index contributed by atoms with van der Waals surface area (Å²) in [5, 5.41) is 87.5. The van der Waals surface area contributed by atoms with Gasteiger partial charge in [0.2, 0.25) is 5.91 Å². The highest BCUT2D eigenvalue weighted by molar-refractivity contribution is 5.76. The summed E-state index contributed by atoms with van der Waals surface area (Å²) >= 11 is 0. The lowest BCUT2D eigenvalue weighted by Gasteiger charge is -2.46. The minimum atomic E-state index is -1.78. The molecule has 516 valence electrons. The van der Waals surface area contributed by atoms with Gasteiger partial charge in [-0.2, -0.15) is 0 Å². The van der Waals surface area contributed by atoms with Crippen LogP contribution in [-0.2, 0) is 23.7 Å². The van der Waals surface area contributed by atoms with Gasteiger partial charge < -0.3 is 65.1 Å². The Morgan fingerprint density at radius 1 is 0.420 bits per heavy atom. The fourth-order valence-corrected chi connectivity index (χ4v) is 12.2. The van der Waals surface area contributed by atoms with Crippen LogP contribution in [0, 0.1) is 0 Å². The van der Waals surface area contributed by atoms with Crippen molar-refractivity contribution in [3.63, 3.8) is 0 Å². The standard InChI is InChI=1S/C74H137NO13/c1-3-5-7-9-11-13-15-17-19-20-21-22-23-24-25-26-27-28-29-30-31-32-33-34-35-36-37-38-39-40-41-42-44-46-48-50-52-54-56-58-66(79)75-62(63(78)57-55-53-51-49-47-45-43-18-16-14-12-10-8-6-4-2)61-85-73-71(84)69(82)72(65(60-77)87-73)88-74-70(83)68(81)67(80)64(59-76)86-74/h5,7,11,13,17,19,21-22,62-65,67-74,76-78,80-84H,3-4,6,8-10,12,14-16,18,20,23-61H2,1-2H3,(H,75,79)/b7-5-,13-11-,19-17-,22-21-. The molecule has 0 saturated carbocycles. The molecule has 0 aromatic rings. The number of carbonyl (C=O) groups is 1. The number of hydrogen-bond acceptors (Lipinski definition) is 13. The van der Waals surface area contributed by atoms with Gasteiger partial charge in [-0.05, 0) is 51.4 Å². The Morgan fingerprint density at radius 2 is 0.784 bits per heavy atom. The molecule has 14 heteroatoms. The van der Waals surface area contributed by atoms with Crippen molar-refractivity contribution < 1.29 is 64.6 Å². The van der Waals surface area contributed by atoms with Crippen LogP contribution < -0.4 is 5.32 Å². The Morgan fingerprint density at radius 3 is 1.20 bits per heavy atom. The van der Waals surface area contributed by atoms with Gasteiger partial charge in [-0.3, -0.25) is 4.79 Å². The highest BCUT2D eigenvalue weighted by Gasteiger charge is 2.51. The van der Waals surface area contributed by atoms with E-state index in [0.717, 1.165) is 77.0 Å². The van der Waals surface area contributed by atoms with Gasteiger partial charge in [-0.15, -0.1) is 0 Å². The van der Waals surface area contributed by atoms with Crippen LogP contribution >= 0.6 is 0 Å². The predicted molar refractivity (Wildman–Crippen MR) is 360 cm³/mol. The van der Waals surface area contributed by atoms with Gasteiger partial charge in [-0.1, -0.05) is 313 Å². The number of allylic oxidation sites excluding steroid dienone is 8. The first-order valence-electron chi connectivity index (χ1n) is 36.9. The molecule has 2 fully saturated rings. The number of ether oxygens (including phenoxy) is 4. The first-order valence-corrected chi connectivity index (χ1v) is 36.9. The Bertz CT molecular complexity index is 1660. The summed E-state index contributed by atoms with van der Waals surface area (Å²) in [6.45, 7) is 2.78. The minimum absolute atomic E-state index is 0.201. The highest BCUT2D eigenvalue weighted by atomic mass is 16.7. The van der Waals surface area contributed by atoms with E-state index in [1.807, 2.05) is 0 Å². The van der Waals surface area contributed by atoms with Crippen molar-refractivity contribution in [3.8, 4) is 0 Å². The predicted octanol–water partition coefficient (Wildman–Crippen LogP) is 15.5. The van der Waals surface area contributed by atoms with Crippen LogP contribution in [0.25, 0.3) is 0 Å². The second kappa shape index (κ2) is 58.7. The zero-order valence-electron chi connectivity index (χ0n) is 56.2. The monoisotopic (exact) mass is 1250 g/mol. The summed E-state index contributed by atoms with van der Waals surface area (Å²) in [5.74, 6) is -0.201. The lowest BCUT2D eigenvalue weighted by molar-refractivity contribution is -0.359. The molecular weight excluding hydrogens is 1110 g/mol. The molecule has 9 N–H and O–H groups in total. The van der Waals surface area contributed by atoms with Crippen molar-refractivity contribution in [1.29, 1.82) is 0 Å². The van der Waals surface area contributed by atoms with E-state index in [2.05, 4.69) is 67.8 Å². The fraction of sp³-hybridized carbons (Fsp3) is 0.878. The topological polar surface area (TPSA) is 228 Å².